The molecular weight excluding hydrogens is 408 g/mol. The smallest absolute Gasteiger partial charge is 0.135 e. The molecule has 1 aliphatic rings. The molecule has 1 saturated heterocycles. The first-order valence-corrected chi connectivity index (χ1v) is 11.8. The van der Waals surface area contributed by atoms with E-state index in [0.717, 1.165) is 60.8 Å². The second-order valence-corrected chi connectivity index (χ2v) is 9.26. The average molecular weight is 442 g/mol. The quantitative estimate of drug-likeness (QED) is 0.476. The standard InChI is InChI=1S/C29H32N2O2/c1-20-10-11-21(2)26(16-20)31-14-12-30(13-15-31)19-24-17-28-25(18-27(24)32-4)29(22(3)33-28)23-8-6-5-7-9-23/h5-11,16-18H,12-15,19H2,1-4H3/p+1. The predicted octanol–water partition coefficient (Wildman–Crippen LogP) is 4.94. The molecule has 0 unspecified atom stereocenters. The molecule has 0 bridgehead atoms. The summed E-state index contributed by atoms with van der Waals surface area (Å²) >= 11 is 0. The number of quaternary nitrogens is 1. The van der Waals surface area contributed by atoms with Crippen molar-refractivity contribution in [1.29, 1.82) is 0 Å². The Bertz CT molecular complexity index is 1270. The second-order valence-electron chi connectivity index (χ2n) is 9.26. The van der Waals surface area contributed by atoms with Gasteiger partial charge in [-0.05, 0) is 55.7 Å². The van der Waals surface area contributed by atoms with Gasteiger partial charge in [-0.25, -0.2) is 0 Å². The van der Waals surface area contributed by atoms with Gasteiger partial charge in [0.05, 0.1) is 38.9 Å². The largest absolute Gasteiger partial charge is 0.496 e. The Hall–Kier alpha value is -3.24. The van der Waals surface area contributed by atoms with Crippen molar-refractivity contribution in [2.45, 2.75) is 27.3 Å². The summed E-state index contributed by atoms with van der Waals surface area (Å²) in [4.78, 5) is 4.12. The number of methoxy groups -OCH3 is 1. The van der Waals surface area contributed by atoms with Crippen LogP contribution >= 0.6 is 0 Å². The lowest BCUT2D eigenvalue weighted by Crippen LogP contribution is -3.13. The van der Waals surface area contributed by atoms with Gasteiger partial charge < -0.3 is 19.0 Å². The normalized spacial score (nSPS) is 14.7. The minimum atomic E-state index is 0.940. The van der Waals surface area contributed by atoms with Crippen molar-refractivity contribution in [2.24, 2.45) is 0 Å². The van der Waals surface area contributed by atoms with Gasteiger partial charge in [0.25, 0.3) is 0 Å². The molecule has 0 aliphatic carbocycles. The van der Waals surface area contributed by atoms with Crippen LogP contribution in [-0.2, 0) is 6.54 Å². The molecule has 1 N–H and O–H groups in total. The Balaban J connectivity index is 1.37. The number of piperazine rings is 1. The van der Waals surface area contributed by atoms with Crippen molar-refractivity contribution < 1.29 is 14.1 Å². The van der Waals surface area contributed by atoms with E-state index in [4.69, 9.17) is 9.15 Å². The molecule has 0 radical (unpaired) electrons. The van der Waals surface area contributed by atoms with Gasteiger partial charge in [-0.15, -0.1) is 0 Å². The molecule has 4 heteroatoms. The number of nitrogens with one attached hydrogen (secondary N) is 1. The Morgan fingerprint density at radius 1 is 0.939 bits per heavy atom. The summed E-state index contributed by atoms with van der Waals surface area (Å²) in [5, 5.41) is 1.12. The first kappa shape index (κ1) is 21.6. The highest BCUT2D eigenvalue weighted by molar-refractivity contribution is 5.97. The maximum Gasteiger partial charge on any atom is 0.135 e. The number of aryl methyl sites for hydroxylation is 3. The van der Waals surface area contributed by atoms with E-state index in [1.165, 1.54) is 27.9 Å². The first-order chi connectivity index (χ1) is 16.0. The molecule has 1 fully saturated rings. The molecule has 2 heterocycles. The molecule has 5 rings (SSSR count). The average Bonchev–Trinajstić information content (AvgIpc) is 3.15. The summed E-state index contributed by atoms with van der Waals surface area (Å²) in [7, 11) is 1.77. The van der Waals surface area contributed by atoms with Crippen LogP contribution in [0.2, 0.25) is 0 Å². The molecule has 0 spiro atoms. The molecule has 0 amide bonds. The maximum absolute atomic E-state index is 6.21. The lowest BCUT2D eigenvalue weighted by atomic mass is 10.0. The number of hydrogen-bond acceptors (Lipinski definition) is 3. The highest BCUT2D eigenvalue weighted by Gasteiger charge is 2.24. The number of nitrogens with zero attached hydrogens (tertiary/aromatic N) is 1. The van der Waals surface area contributed by atoms with Gasteiger partial charge in [-0.2, -0.15) is 0 Å². The van der Waals surface area contributed by atoms with E-state index < -0.39 is 0 Å². The second kappa shape index (κ2) is 8.95. The zero-order valence-electron chi connectivity index (χ0n) is 20.1. The Kier molecular flexibility index (Phi) is 5.86. The van der Waals surface area contributed by atoms with Crippen LogP contribution in [0.3, 0.4) is 0 Å². The zero-order chi connectivity index (χ0) is 22.9. The molecule has 0 atom stereocenters. The van der Waals surface area contributed by atoms with Gasteiger partial charge in [0.15, 0.2) is 0 Å². The van der Waals surface area contributed by atoms with Crippen molar-refractivity contribution in [3.05, 3.63) is 83.1 Å². The van der Waals surface area contributed by atoms with Crippen molar-refractivity contribution in [3.8, 4) is 16.9 Å². The predicted molar refractivity (Wildman–Crippen MR) is 135 cm³/mol. The topological polar surface area (TPSA) is 30.1 Å². The number of hydrogen-bond donors (Lipinski definition) is 1. The fraction of sp³-hybridized carbons (Fsp3) is 0.310. The number of furan rings is 1. The minimum Gasteiger partial charge on any atom is -0.496 e. The van der Waals surface area contributed by atoms with Crippen LogP contribution in [0.4, 0.5) is 5.69 Å². The Morgan fingerprint density at radius 3 is 2.42 bits per heavy atom. The van der Waals surface area contributed by atoms with E-state index in [1.54, 1.807) is 12.0 Å². The Morgan fingerprint density at radius 2 is 1.70 bits per heavy atom. The van der Waals surface area contributed by atoms with E-state index in [9.17, 15) is 0 Å². The molecule has 4 aromatic rings. The van der Waals surface area contributed by atoms with Gasteiger partial charge in [0, 0.05) is 16.6 Å². The molecule has 33 heavy (non-hydrogen) atoms. The number of fused-ring (bicyclic) bond motifs is 1. The lowest BCUT2D eigenvalue weighted by Gasteiger charge is -2.34. The summed E-state index contributed by atoms with van der Waals surface area (Å²) in [5.41, 5.74) is 8.56. The van der Waals surface area contributed by atoms with Crippen LogP contribution < -0.4 is 14.5 Å². The Labute approximate surface area is 196 Å². The lowest BCUT2D eigenvalue weighted by molar-refractivity contribution is -0.914. The summed E-state index contributed by atoms with van der Waals surface area (Å²) in [6, 6.07) is 21.6. The van der Waals surface area contributed by atoms with Gasteiger partial charge in [-0.3, -0.25) is 0 Å². The summed E-state index contributed by atoms with van der Waals surface area (Å²) < 4.78 is 12.1. The van der Waals surface area contributed by atoms with Crippen LogP contribution in [0, 0.1) is 20.8 Å². The third-order valence-corrected chi connectivity index (χ3v) is 6.95. The minimum absolute atomic E-state index is 0.940. The fourth-order valence-corrected chi connectivity index (χ4v) is 5.15. The van der Waals surface area contributed by atoms with E-state index in [1.807, 2.05) is 13.0 Å². The highest BCUT2D eigenvalue weighted by atomic mass is 16.5. The number of rotatable bonds is 5. The summed E-state index contributed by atoms with van der Waals surface area (Å²) in [6.45, 7) is 11.7. The van der Waals surface area contributed by atoms with Gasteiger partial charge >= 0.3 is 0 Å². The van der Waals surface area contributed by atoms with Gasteiger partial charge in [0.1, 0.15) is 23.6 Å². The van der Waals surface area contributed by atoms with E-state index in [-0.39, 0.29) is 0 Å². The molecular formula is C29H33N2O2+. The SMILES string of the molecule is COc1cc2c(-c3ccccc3)c(C)oc2cc1C[NH+]1CCN(c2cc(C)ccc2C)CC1. The summed E-state index contributed by atoms with van der Waals surface area (Å²) in [6.07, 6.45) is 0. The van der Waals surface area contributed by atoms with Crippen LogP contribution in [0.25, 0.3) is 22.1 Å². The van der Waals surface area contributed by atoms with Crippen molar-refractivity contribution in [3.63, 3.8) is 0 Å². The van der Waals surface area contributed by atoms with Gasteiger partial charge in [-0.1, -0.05) is 42.5 Å². The number of anilines is 1. The monoisotopic (exact) mass is 441 g/mol. The van der Waals surface area contributed by atoms with Crippen molar-refractivity contribution >= 4 is 16.7 Å². The van der Waals surface area contributed by atoms with Crippen molar-refractivity contribution in [1.82, 2.24) is 0 Å². The third kappa shape index (κ3) is 4.23. The summed E-state index contributed by atoms with van der Waals surface area (Å²) in [5.74, 6) is 1.90. The number of ether oxygens (including phenoxy) is 1. The van der Waals surface area contributed by atoms with Gasteiger partial charge in [0.2, 0.25) is 0 Å². The third-order valence-electron chi connectivity index (χ3n) is 6.95. The maximum atomic E-state index is 6.21. The highest BCUT2D eigenvalue weighted by Crippen LogP contribution is 2.37. The van der Waals surface area contributed by atoms with E-state index >= 15 is 0 Å². The molecule has 1 aromatic heterocycles. The molecule has 1 aliphatic heterocycles. The van der Waals surface area contributed by atoms with Crippen LogP contribution in [-0.4, -0.2) is 33.3 Å². The first-order valence-electron chi connectivity index (χ1n) is 11.8. The van der Waals surface area contributed by atoms with Crippen LogP contribution in [0.5, 0.6) is 5.75 Å². The van der Waals surface area contributed by atoms with Crippen LogP contribution in [0.15, 0.2) is 65.1 Å². The van der Waals surface area contributed by atoms with Crippen LogP contribution in [0.1, 0.15) is 22.5 Å². The number of benzene rings is 3. The van der Waals surface area contributed by atoms with Crippen molar-refractivity contribution in [2.75, 3.05) is 38.2 Å². The molecule has 3 aromatic carbocycles. The zero-order valence-corrected chi connectivity index (χ0v) is 20.1. The molecule has 4 nitrogen and oxygen atoms in total. The molecule has 170 valence electrons. The molecule has 0 saturated carbocycles. The van der Waals surface area contributed by atoms with E-state index in [0.29, 0.717) is 0 Å². The van der Waals surface area contributed by atoms with E-state index in [2.05, 4.69) is 73.3 Å². The fourth-order valence-electron chi connectivity index (χ4n) is 5.15.